The molecule has 0 heterocycles. The van der Waals surface area contributed by atoms with Crippen LogP contribution in [-0.2, 0) is 16.1 Å². The predicted molar refractivity (Wildman–Crippen MR) is 101 cm³/mol. The molecule has 1 aliphatic rings. The van der Waals surface area contributed by atoms with Crippen LogP contribution < -0.4 is 15.4 Å². The first-order valence-electron chi connectivity index (χ1n) is 8.76. The molecule has 0 aromatic heterocycles. The third kappa shape index (κ3) is 4.23. The minimum atomic E-state index is -0.256. The van der Waals surface area contributed by atoms with Crippen LogP contribution in [0.5, 0.6) is 5.75 Å². The number of amides is 2. The molecule has 0 bridgehead atoms. The molecular weight excluding hydrogens is 328 g/mol. The van der Waals surface area contributed by atoms with Gasteiger partial charge in [-0.1, -0.05) is 24.3 Å². The largest absolute Gasteiger partial charge is 0.496 e. The van der Waals surface area contributed by atoms with Gasteiger partial charge in [0.15, 0.2) is 0 Å². The quantitative estimate of drug-likeness (QED) is 0.839. The lowest BCUT2D eigenvalue weighted by Crippen LogP contribution is -2.27. The van der Waals surface area contributed by atoms with E-state index in [0.717, 1.165) is 28.1 Å². The van der Waals surface area contributed by atoms with Crippen molar-refractivity contribution in [1.29, 1.82) is 0 Å². The number of methoxy groups -OCH3 is 1. The molecule has 2 N–H and O–H groups in total. The average Bonchev–Trinajstić information content (AvgIpc) is 3.40. The summed E-state index contributed by atoms with van der Waals surface area (Å²) in [5.74, 6) is 0.0562. The van der Waals surface area contributed by atoms with Gasteiger partial charge >= 0.3 is 0 Å². The molecule has 2 aromatic carbocycles. The Morgan fingerprint density at radius 1 is 1.04 bits per heavy atom. The van der Waals surface area contributed by atoms with Crippen LogP contribution in [0, 0.1) is 25.7 Å². The number of hydrogen-bond acceptors (Lipinski definition) is 3. The Bertz CT molecular complexity index is 812. The molecule has 0 saturated heterocycles. The van der Waals surface area contributed by atoms with E-state index in [1.165, 1.54) is 0 Å². The van der Waals surface area contributed by atoms with Gasteiger partial charge in [-0.3, -0.25) is 9.59 Å². The number of benzene rings is 2. The molecule has 0 spiro atoms. The van der Waals surface area contributed by atoms with E-state index in [-0.39, 0.29) is 23.7 Å². The van der Waals surface area contributed by atoms with Crippen LogP contribution in [0.1, 0.15) is 23.1 Å². The zero-order chi connectivity index (χ0) is 18.7. The van der Waals surface area contributed by atoms with Crippen molar-refractivity contribution >= 4 is 17.5 Å². The van der Waals surface area contributed by atoms with E-state index in [1.54, 1.807) is 7.11 Å². The highest BCUT2D eigenvalue weighted by atomic mass is 16.5. The highest BCUT2D eigenvalue weighted by Gasteiger charge is 2.47. The highest BCUT2D eigenvalue weighted by molar-refractivity contribution is 5.99. The number of nitrogens with one attached hydrogen (secondary N) is 2. The van der Waals surface area contributed by atoms with Gasteiger partial charge in [-0.15, -0.1) is 0 Å². The SMILES string of the molecule is COc1ccccc1CNC(=O)C1CC1C(=O)Nc1cc(C)cc(C)c1. The van der Waals surface area contributed by atoms with Crippen molar-refractivity contribution < 1.29 is 14.3 Å². The third-order valence-corrected chi connectivity index (χ3v) is 4.60. The lowest BCUT2D eigenvalue weighted by Gasteiger charge is -2.10. The van der Waals surface area contributed by atoms with E-state index in [9.17, 15) is 9.59 Å². The van der Waals surface area contributed by atoms with E-state index in [0.29, 0.717) is 13.0 Å². The second-order valence-corrected chi connectivity index (χ2v) is 6.84. The van der Waals surface area contributed by atoms with Crippen molar-refractivity contribution in [1.82, 2.24) is 5.32 Å². The van der Waals surface area contributed by atoms with Gasteiger partial charge in [0.05, 0.1) is 18.9 Å². The molecule has 3 rings (SSSR count). The van der Waals surface area contributed by atoms with Gasteiger partial charge in [-0.05, 0) is 49.6 Å². The molecule has 1 aliphatic carbocycles. The number of aryl methyl sites for hydroxylation is 2. The second kappa shape index (κ2) is 7.60. The molecule has 0 radical (unpaired) electrons. The maximum atomic E-state index is 12.4. The molecule has 2 atom stereocenters. The number of rotatable bonds is 6. The van der Waals surface area contributed by atoms with Gasteiger partial charge in [0.25, 0.3) is 0 Å². The summed E-state index contributed by atoms with van der Waals surface area (Å²) in [7, 11) is 1.61. The van der Waals surface area contributed by atoms with Gasteiger partial charge in [0, 0.05) is 17.8 Å². The number of hydrogen-bond donors (Lipinski definition) is 2. The average molecular weight is 352 g/mol. The van der Waals surface area contributed by atoms with Crippen LogP contribution in [0.15, 0.2) is 42.5 Å². The number of carbonyl (C=O) groups is 2. The van der Waals surface area contributed by atoms with Crippen LogP contribution in [0.25, 0.3) is 0 Å². The molecule has 5 nitrogen and oxygen atoms in total. The summed E-state index contributed by atoms with van der Waals surface area (Å²) in [5.41, 5.74) is 3.90. The Balaban J connectivity index is 1.52. The van der Waals surface area contributed by atoms with Crippen molar-refractivity contribution in [2.75, 3.05) is 12.4 Å². The monoisotopic (exact) mass is 352 g/mol. The summed E-state index contributed by atoms with van der Waals surface area (Å²) in [6.45, 7) is 4.38. The van der Waals surface area contributed by atoms with E-state index < -0.39 is 0 Å². The maximum Gasteiger partial charge on any atom is 0.228 e. The van der Waals surface area contributed by atoms with Crippen molar-refractivity contribution in [3.8, 4) is 5.75 Å². The van der Waals surface area contributed by atoms with Crippen LogP contribution in [0.4, 0.5) is 5.69 Å². The molecule has 1 fully saturated rings. The Morgan fingerprint density at radius 2 is 1.69 bits per heavy atom. The minimum Gasteiger partial charge on any atom is -0.496 e. The van der Waals surface area contributed by atoms with E-state index in [4.69, 9.17) is 4.74 Å². The lowest BCUT2D eigenvalue weighted by atomic mass is 10.1. The van der Waals surface area contributed by atoms with Gasteiger partial charge < -0.3 is 15.4 Å². The highest BCUT2D eigenvalue weighted by Crippen LogP contribution is 2.39. The predicted octanol–water partition coefficient (Wildman–Crippen LogP) is 3.20. The van der Waals surface area contributed by atoms with Gasteiger partial charge in [-0.25, -0.2) is 0 Å². The fourth-order valence-corrected chi connectivity index (χ4v) is 3.22. The molecule has 5 heteroatoms. The maximum absolute atomic E-state index is 12.4. The number of carbonyl (C=O) groups excluding carboxylic acids is 2. The fraction of sp³-hybridized carbons (Fsp3) is 0.333. The molecule has 1 saturated carbocycles. The van der Waals surface area contributed by atoms with Crippen molar-refractivity contribution in [3.05, 3.63) is 59.2 Å². The standard InChI is InChI=1S/C21H24N2O3/c1-13-8-14(2)10-16(9-13)23-21(25)18-11-17(18)20(24)22-12-15-6-4-5-7-19(15)26-3/h4-10,17-18H,11-12H2,1-3H3,(H,22,24)(H,23,25). The Morgan fingerprint density at radius 3 is 2.38 bits per heavy atom. The summed E-state index contributed by atoms with van der Waals surface area (Å²) >= 11 is 0. The Hall–Kier alpha value is -2.82. The topological polar surface area (TPSA) is 67.4 Å². The Kier molecular flexibility index (Phi) is 5.26. The first-order chi connectivity index (χ1) is 12.5. The van der Waals surface area contributed by atoms with Crippen LogP contribution in [-0.4, -0.2) is 18.9 Å². The fourth-order valence-electron chi connectivity index (χ4n) is 3.22. The normalized spacial score (nSPS) is 18.1. The molecule has 2 unspecified atom stereocenters. The summed E-state index contributed by atoms with van der Waals surface area (Å²) in [6, 6.07) is 13.5. The van der Waals surface area contributed by atoms with Crippen molar-refractivity contribution in [2.45, 2.75) is 26.8 Å². The molecule has 26 heavy (non-hydrogen) atoms. The zero-order valence-corrected chi connectivity index (χ0v) is 15.3. The summed E-state index contributed by atoms with van der Waals surface area (Å²) in [5, 5.41) is 5.83. The van der Waals surface area contributed by atoms with Crippen molar-refractivity contribution in [3.63, 3.8) is 0 Å². The van der Waals surface area contributed by atoms with Gasteiger partial charge in [0.1, 0.15) is 5.75 Å². The van der Waals surface area contributed by atoms with E-state index in [1.807, 2.05) is 50.2 Å². The molecule has 2 aromatic rings. The zero-order valence-electron chi connectivity index (χ0n) is 15.3. The van der Waals surface area contributed by atoms with Gasteiger partial charge in [0.2, 0.25) is 11.8 Å². The smallest absolute Gasteiger partial charge is 0.228 e. The number of para-hydroxylation sites is 1. The second-order valence-electron chi connectivity index (χ2n) is 6.84. The first-order valence-corrected chi connectivity index (χ1v) is 8.76. The minimum absolute atomic E-state index is 0.0866. The molecule has 2 amide bonds. The number of anilines is 1. The molecule has 0 aliphatic heterocycles. The molecular formula is C21H24N2O3. The third-order valence-electron chi connectivity index (χ3n) is 4.60. The van der Waals surface area contributed by atoms with E-state index in [2.05, 4.69) is 16.7 Å². The van der Waals surface area contributed by atoms with E-state index >= 15 is 0 Å². The number of ether oxygens (including phenoxy) is 1. The first kappa shape index (κ1) is 18.0. The van der Waals surface area contributed by atoms with Crippen LogP contribution in [0.2, 0.25) is 0 Å². The van der Waals surface area contributed by atoms with Crippen LogP contribution in [0.3, 0.4) is 0 Å². The van der Waals surface area contributed by atoms with Crippen LogP contribution >= 0.6 is 0 Å². The summed E-state index contributed by atoms with van der Waals surface area (Å²) in [4.78, 5) is 24.7. The Labute approximate surface area is 153 Å². The molecule has 136 valence electrons. The summed E-state index contributed by atoms with van der Waals surface area (Å²) in [6.07, 6.45) is 0.592. The lowest BCUT2D eigenvalue weighted by molar-refractivity contribution is -0.125. The van der Waals surface area contributed by atoms with Crippen molar-refractivity contribution in [2.24, 2.45) is 11.8 Å². The summed E-state index contributed by atoms with van der Waals surface area (Å²) < 4.78 is 5.28. The van der Waals surface area contributed by atoms with Gasteiger partial charge in [-0.2, -0.15) is 0 Å².